The van der Waals surface area contributed by atoms with Gasteiger partial charge in [0.1, 0.15) is 12.0 Å². The minimum Gasteiger partial charge on any atom is -0.474 e. The second kappa shape index (κ2) is 14.1. The van der Waals surface area contributed by atoms with Gasteiger partial charge in [0.25, 0.3) is 5.88 Å². The molecule has 6 aliphatic rings. The monoisotopic (exact) mass is 653 g/mol. The Morgan fingerprint density at radius 3 is 2.09 bits per heavy atom. The Bertz CT molecular complexity index is 1250. The van der Waals surface area contributed by atoms with Crippen molar-refractivity contribution in [2.24, 2.45) is 23.7 Å². The van der Waals surface area contributed by atoms with E-state index in [1.165, 1.54) is 64.2 Å². The second-order valence-electron chi connectivity index (χ2n) is 14.4. The smallest absolute Gasteiger partial charge is 0.364 e. The molecule has 2 heterocycles. The van der Waals surface area contributed by atoms with Gasteiger partial charge in [0.2, 0.25) is 0 Å². The fourth-order valence-corrected chi connectivity index (χ4v) is 10.7. The van der Waals surface area contributed by atoms with Crippen LogP contribution in [-0.2, 0) is 30.7 Å². The molecule has 0 amide bonds. The van der Waals surface area contributed by atoms with Crippen LogP contribution < -0.4 is 0 Å². The minimum absolute atomic E-state index is 0.00810. The lowest BCUT2D eigenvalue weighted by atomic mass is 9.71. The van der Waals surface area contributed by atoms with E-state index >= 15 is 0 Å². The molecular weight excluding hydrogens is 601 g/mol. The number of allylic oxidation sites excluding steroid dienone is 2. The van der Waals surface area contributed by atoms with Crippen molar-refractivity contribution in [3.05, 3.63) is 23.6 Å². The largest absolute Gasteiger partial charge is 0.474 e. The summed E-state index contributed by atoms with van der Waals surface area (Å²) in [6.45, 7) is 2.04. The number of fused-ring (bicyclic) bond motifs is 2. The van der Waals surface area contributed by atoms with Gasteiger partial charge >= 0.3 is 16.0 Å². The van der Waals surface area contributed by atoms with Crippen LogP contribution in [0.1, 0.15) is 116 Å². The Balaban J connectivity index is 1.25. The summed E-state index contributed by atoms with van der Waals surface area (Å²) in [6.07, 6.45) is 23.3. The Morgan fingerprint density at radius 1 is 0.886 bits per heavy atom. The number of hydrogen-bond donors (Lipinski definition) is 2. The van der Waals surface area contributed by atoms with Crippen LogP contribution in [0.4, 0.5) is 0 Å². The fourth-order valence-electron chi connectivity index (χ4n) is 9.48. The molecular formula is C33H53N2O7S2+. The van der Waals surface area contributed by atoms with Gasteiger partial charge < -0.3 is 18.9 Å². The predicted molar refractivity (Wildman–Crippen MR) is 171 cm³/mol. The van der Waals surface area contributed by atoms with Gasteiger partial charge in [-0.05, 0) is 67.8 Å². The topological polar surface area (TPSA) is 116 Å². The van der Waals surface area contributed by atoms with Gasteiger partial charge in [0, 0.05) is 12.5 Å². The van der Waals surface area contributed by atoms with Gasteiger partial charge in [-0.15, -0.1) is 0 Å². The number of nitrogens with zero attached hydrogens (tertiary/aromatic N) is 2. The normalized spacial score (nSPS) is 35.8. The highest BCUT2D eigenvalue weighted by molar-refractivity contribution is 7.85. The van der Waals surface area contributed by atoms with E-state index < -0.39 is 27.1 Å². The Labute approximate surface area is 266 Å². The van der Waals surface area contributed by atoms with E-state index in [0.717, 1.165) is 50.0 Å². The van der Waals surface area contributed by atoms with Crippen molar-refractivity contribution in [3.8, 4) is 0 Å². The molecule has 0 aromatic carbocycles. The standard InChI is InChI=1S/C33H52N2O7S2/c1-2-23(17-32-34(21-43(36)37)28-19-26(13-15-30(28)41-32)24-9-5-3-6-10-24)18-33-35(22-44(38,39)40)29-20-27(14-16-31(29)42-33)25-11-7-4-8-12-25/h17-18,24-31H,2-16,19-22H2,1H3,(H-,36,37,38,39,40)/p+1. The van der Waals surface area contributed by atoms with Crippen LogP contribution in [0, 0.1) is 23.7 Å². The van der Waals surface area contributed by atoms with Crippen LogP contribution in [0.25, 0.3) is 0 Å². The van der Waals surface area contributed by atoms with Crippen molar-refractivity contribution >= 4 is 27.1 Å². The maximum Gasteiger partial charge on any atom is 0.364 e. The molecule has 0 aromatic rings. The summed E-state index contributed by atoms with van der Waals surface area (Å²) in [5, 5.41) is 0. The first-order valence-corrected chi connectivity index (χ1v) is 20.3. The van der Waals surface area contributed by atoms with Crippen molar-refractivity contribution in [1.29, 1.82) is 0 Å². The first kappa shape index (κ1) is 32.5. The van der Waals surface area contributed by atoms with Gasteiger partial charge in [0.15, 0.2) is 29.1 Å². The first-order chi connectivity index (χ1) is 21.2. The molecule has 9 nitrogen and oxygen atoms in total. The zero-order valence-electron chi connectivity index (χ0n) is 26.4. The summed E-state index contributed by atoms with van der Waals surface area (Å²) in [6, 6.07) is 0.00683. The third-order valence-corrected chi connectivity index (χ3v) is 12.8. The Hall–Kier alpha value is -1.43. The molecule has 44 heavy (non-hydrogen) atoms. The summed E-state index contributed by atoms with van der Waals surface area (Å²) in [5.74, 6) is 3.26. The first-order valence-electron chi connectivity index (χ1n) is 17.4. The molecule has 2 aliphatic heterocycles. The molecule has 0 aromatic heterocycles. The third-order valence-electron chi connectivity index (χ3n) is 11.7. The lowest BCUT2D eigenvalue weighted by Crippen LogP contribution is -2.42. The Kier molecular flexibility index (Phi) is 10.4. The van der Waals surface area contributed by atoms with E-state index in [1.807, 2.05) is 24.0 Å². The quantitative estimate of drug-likeness (QED) is 0.172. The van der Waals surface area contributed by atoms with Crippen LogP contribution in [0.15, 0.2) is 23.6 Å². The molecule has 0 bridgehead atoms. The van der Waals surface area contributed by atoms with Gasteiger partial charge in [-0.2, -0.15) is 13.0 Å². The molecule has 4 saturated carbocycles. The lowest BCUT2D eigenvalue weighted by molar-refractivity contribution is -0.546. The highest BCUT2D eigenvalue weighted by Gasteiger charge is 2.50. The highest BCUT2D eigenvalue weighted by atomic mass is 32.2. The average molecular weight is 654 g/mol. The van der Waals surface area contributed by atoms with Crippen LogP contribution in [0.3, 0.4) is 0 Å². The molecule has 7 unspecified atom stereocenters. The molecule has 248 valence electrons. The van der Waals surface area contributed by atoms with Gasteiger partial charge in [-0.1, -0.05) is 71.1 Å². The van der Waals surface area contributed by atoms with Crippen molar-refractivity contribution in [3.63, 3.8) is 0 Å². The lowest BCUT2D eigenvalue weighted by Gasteiger charge is -2.38. The van der Waals surface area contributed by atoms with Crippen molar-refractivity contribution in [2.75, 3.05) is 11.8 Å². The predicted octanol–water partition coefficient (Wildman–Crippen LogP) is 6.20. The second-order valence-corrected chi connectivity index (χ2v) is 16.7. The number of hydrogen-bond acceptors (Lipinski definition) is 6. The van der Waals surface area contributed by atoms with Crippen LogP contribution in [-0.4, -0.2) is 73.2 Å². The Morgan fingerprint density at radius 2 is 1.50 bits per heavy atom. The van der Waals surface area contributed by atoms with Crippen molar-refractivity contribution < 1.29 is 35.8 Å². The van der Waals surface area contributed by atoms with Crippen molar-refractivity contribution in [2.45, 2.75) is 140 Å². The molecule has 2 N–H and O–H groups in total. The van der Waals surface area contributed by atoms with Gasteiger partial charge in [-0.25, -0.2) is 4.21 Å². The van der Waals surface area contributed by atoms with E-state index in [-0.39, 0.29) is 30.2 Å². The zero-order valence-corrected chi connectivity index (χ0v) is 28.0. The van der Waals surface area contributed by atoms with Crippen LogP contribution in [0.2, 0.25) is 0 Å². The fraction of sp³-hybridized carbons (Fsp3) is 0.848. The summed E-state index contributed by atoms with van der Waals surface area (Å²) in [7, 11) is -4.26. The molecule has 1 saturated heterocycles. The van der Waals surface area contributed by atoms with E-state index in [9.17, 15) is 21.7 Å². The molecule has 11 heteroatoms. The zero-order chi connectivity index (χ0) is 30.8. The van der Waals surface area contributed by atoms with Crippen LogP contribution >= 0.6 is 0 Å². The van der Waals surface area contributed by atoms with Crippen molar-refractivity contribution in [1.82, 2.24) is 4.90 Å². The molecule has 5 fully saturated rings. The number of ether oxygens (including phenoxy) is 2. The third kappa shape index (κ3) is 7.58. The highest BCUT2D eigenvalue weighted by Crippen LogP contribution is 2.45. The molecule has 0 spiro atoms. The molecule has 6 rings (SSSR count). The minimum atomic E-state index is -4.26. The maximum atomic E-state index is 12.2. The molecule has 0 radical (unpaired) electrons. The summed E-state index contributed by atoms with van der Waals surface area (Å²) in [4.78, 5) is 2.00. The summed E-state index contributed by atoms with van der Waals surface area (Å²) in [5.41, 5.74) is 0.897. The molecule has 4 aliphatic carbocycles. The number of rotatable bonds is 9. The SMILES string of the molecule is CCC(=C/C1=[N+](CS(=O)(=O)O)C2CC(C3CCCCC3)CCC2O1)/C=C1\OC2CCC(C3CCCCC3)CC2N1CS(=O)O. The van der Waals surface area contributed by atoms with E-state index in [2.05, 4.69) is 0 Å². The van der Waals surface area contributed by atoms with Gasteiger partial charge in [0.05, 0.1) is 12.1 Å². The summed E-state index contributed by atoms with van der Waals surface area (Å²) < 4.78 is 71.1. The van der Waals surface area contributed by atoms with Gasteiger partial charge in [-0.3, -0.25) is 4.55 Å². The average Bonchev–Trinajstić information content (AvgIpc) is 3.52. The summed E-state index contributed by atoms with van der Waals surface area (Å²) >= 11 is -2.00. The van der Waals surface area contributed by atoms with E-state index in [4.69, 9.17) is 9.47 Å². The maximum absolute atomic E-state index is 12.2. The van der Waals surface area contributed by atoms with E-state index in [1.54, 1.807) is 4.58 Å². The van der Waals surface area contributed by atoms with Crippen LogP contribution in [0.5, 0.6) is 0 Å². The molecule has 7 atom stereocenters. The van der Waals surface area contributed by atoms with E-state index in [0.29, 0.717) is 36.0 Å².